The third kappa shape index (κ3) is 6.40. The summed E-state index contributed by atoms with van der Waals surface area (Å²) in [7, 11) is 0. The lowest BCUT2D eigenvalue weighted by Gasteiger charge is -2.21. The molecule has 1 N–H and O–H groups in total. The molecule has 0 radical (unpaired) electrons. The zero-order valence-corrected chi connectivity index (χ0v) is 14.8. The Morgan fingerprint density at radius 1 is 1.12 bits per heavy atom. The number of carbonyl (C=O) groups excluding carboxylic acids is 3. The molecule has 0 aliphatic carbocycles. The Balaban J connectivity index is 2.67. The topological polar surface area (TPSA) is 81.7 Å². The van der Waals surface area contributed by atoms with Crippen LogP contribution in [0.4, 0.5) is 0 Å². The van der Waals surface area contributed by atoms with E-state index in [1.807, 2.05) is 13.0 Å². The van der Waals surface area contributed by atoms with Gasteiger partial charge in [-0.05, 0) is 38.8 Å². The van der Waals surface area contributed by atoms with Crippen molar-refractivity contribution in [3.05, 3.63) is 35.4 Å². The van der Waals surface area contributed by atoms with Gasteiger partial charge in [-0.2, -0.15) is 0 Å². The highest BCUT2D eigenvalue weighted by atomic mass is 16.6. The number of hydrogen-bond donors (Lipinski definition) is 1. The van der Waals surface area contributed by atoms with Gasteiger partial charge in [-0.1, -0.05) is 31.5 Å². The summed E-state index contributed by atoms with van der Waals surface area (Å²) >= 11 is 0. The van der Waals surface area contributed by atoms with Crippen molar-refractivity contribution < 1.29 is 23.9 Å². The first-order valence-electron chi connectivity index (χ1n) is 7.94. The van der Waals surface area contributed by atoms with E-state index in [0.29, 0.717) is 5.56 Å². The average Bonchev–Trinajstić information content (AvgIpc) is 2.49. The number of ether oxygens (including phenoxy) is 2. The fourth-order valence-electron chi connectivity index (χ4n) is 2.03. The van der Waals surface area contributed by atoms with Crippen molar-refractivity contribution in [2.45, 2.75) is 46.8 Å². The Morgan fingerprint density at radius 3 is 2.33 bits per heavy atom. The first-order chi connectivity index (χ1) is 11.2. The molecule has 1 aromatic carbocycles. The number of hydrogen-bond acceptors (Lipinski definition) is 5. The third-order valence-corrected chi connectivity index (χ3v) is 3.19. The summed E-state index contributed by atoms with van der Waals surface area (Å²) in [4.78, 5) is 35.9. The van der Waals surface area contributed by atoms with Crippen LogP contribution in [-0.4, -0.2) is 36.6 Å². The molecule has 6 nitrogen and oxygen atoms in total. The highest BCUT2D eigenvalue weighted by Crippen LogP contribution is 2.08. The van der Waals surface area contributed by atoms with Gasteiger partial charge in [0.15, 0.2) is 6.61 Å². The molecule has 24 heavy (non-hydrogen) atoms. The number of amides is 1. The van der Waals surface area contributed by atoms with E-state index >= 15 is 0 Å². The smallest absolute Gasteiger partial charge is 0.344 e. The molecule has 132 valence electrons. The van der Waals surface area contributed by atoms with Crippen LogP contribution in [0.25, 0.3) is 0 Å². The highest BCUT2D eigenvalue weighted by molar-refractivity contribution is 5.97. The SMILES string of the molecule is Cc1cccc(C(=O)N[C@H](C(=O)OCC(=O)OC(C)C)C(C)C)c1. The van der Waals surface area contributed by atoms with Crippen molar-refractivity contribution in [2.24, 2.45) is 5.92 Å². The van der Waals surface area contributed by atoms with Crippen LogP contribution in [0.2, 0.25) is 0 Å². The van der Waals surface area contributed by atoms with Crippen LogP contribution in [-0.2, 0) is 19.1 Å². The van der Waals surface area contributed by atoms with E-state index < -0.39 is 24.6 Å². The largest absolute Gasteiger partial charge is 0.460 e. The minimum absolute atomic E-state index is 0.188. The van der Waals surface area contributed by atoms with Gasteiger partial charge in [0.25, 0.3) is 5.91 Å². The predicted octanol–water partition coefficient (Wildman–Crippen LogP) is 2.24. The lowest BCUT2D eigenvalue weighted by atomic mass is 10.0. The van der Waals surface area contributed by atoms with Gasteiger partial charge in [-0.25, -0.2) is 9.59 Å². The molecule has 0 fully saturated rings. The number of rotatable bonds is 7. The lowest BCUT2D eigenvalue weighted by molar-refractivity contribution is -0.162. The van der Waals surface area contributed by atoms with Crippen LogP contribution in [0.5, 0.6) is 0 Å². The summed E-state index contributed by atoms with van der Waals surface area (Å²) in [5, 5.41) is 2.66. The molecule has 0 spiro atoms. The van der Waals surface area contributed by atoms with Gasteiger partial charge < -0.3 is 14.8 Å². The van der Waals surface area contributed by atoms with Crippen LogP contribution >= 0.6 is 0 Å². The maximum absolute atomic E-state index is 12.3. The summed E-state index contributed by atoms with van der Waals surface area (Å²) in [5.41, 5.74) is 1.41. The Hall–Kier alpha value is -2.37. The van der Waals surface area contributed by atoms with E-state index in [1.54, 1.807) is 45.9 Å². The molecular formula is C18H25NO5. The van der Waals surface area contributed by atoms with Crippen LogP contribution in [0.15, 0.2) is 24.3 Å². The van der Waals surface area contributed by atoms with Crippen molar-refractivity contribution in [3.63, 3.8) is 0 Å². The highest BCUT2D eigenvalue weighted by Gasteiger charge is 2.27. The molecule has 1 aromatic rings. The van der Waals surface area contributed by atoms with Crippen molar-refractivity contribution >= 4 is 17.8 Å². The Kier molecular flexibility index (Phi) is 7.42. The van der Waals surface area contributed by atoms with Gasteiger partial charge in [0.1, 0.15) is 6.04 Å². The molecule has 1 atom stereocenters. The van der Waals surface area contributed by atoms with Crippen molar-refractivity contribution in [2.75, 3.05) is 6.61 Å². The molecule has 0 saturated heterocycles. The van der Waals surface area contributed by atoms with Gasteiger partial charge in [0.05, 0.1) is 6.10 Å². The minimum Gasteiger partial charge on any atom is -0.460 e. The molecule has 1 amide bonds. The van der Waals surface area contributed by atoms with Gasteiger partial charge in [0.2, 0.25) is 0 Å². The molecule has 0 saturated carbocycles. The fourth-order valence-corrected chi connectivity index (χ4v) is 2.03. The molecule has 1 rings (SSSR count). The van der Waals surface area contributed by atoms with Gasteiger partial charge >= 0.3 is 11.9 Å². The summed E-state index contributed by atoms with van der Waals surface area (Å²) in [6.45, 7) is 8.40. The van der Waals surface area contributed by atoms with Gasteiger partial charge in [-0.3, -0.25) is 4.79 Å². The van der Waals surface area contributed by atoms with Gasteiger partial charge in [-0.15, -0.1) is 0 Å². The zero-order chi connectivity index (χ0) is 18.3. The van der Waals surface area contributed by atoms with E-state index in [9.17, 15) is 14.4 Å². The molecule has 6 heteroatoms. The molecule has 0 aliphatic heterocycles. The molecule has 0 heterocycles. The fraction of sp³-hybridized carbons (Fsp3) is 0.500. The maximum Gasteiger partial charge on any atom is 0.344 e. The number of benzene rings is 1. The Labute approximate surface area is 142 Å². The van der Waals surface area contributed by atoms with Crippen molar-refractivity contribution in [1.82, 2.24) is 5.32 Å². The van der Waals surface area contributed by atoms with E-state index in [2.05, 4.69) is 5.32 Å². The molecule has 0 unspecified atom stereocenters. The summed E-state index contributed by atoms with van der Waals surface area (Å²) < 4.78 is 9.86. The van der Waals surface area contributed by atoms with Crippen LogP contribution < -0.4 is 5.32 Å². The number of esters is 2. The van der Waals surface area contributed by atoms with E-state index in [1.165, 1.54) is 0 Å². The summed E-state index contributed by atoms with van der Waals surface area (Å²) in [6, 6.07) is 6.22. The van der Waals surface area contributed by atoms with E-state index in [0.717, 1.165) is 5.56 Å². The van der Waals surface area contributed by atoms with Crippen molar-refractivity contribution in [1.29, 1.82) is 0 Å². The quantitative estimate of drug-likeness (QED) is 0.773. The molecular weight excluding hydrogens is 310 g/mol. The average molecular weight is 335 g/mol. The first kappa shape index (κ1) is 19.7. The minimum atomic E-state index is -0.843. The summed E-state index contributed by atoms with van der Waals surface area (Å²) in [6.07, 6.45) is -0.280. The molecule has 0 aliphatic rings. The summed E-state index contributed by atoms with van der Waals surface area (Å²) in [5.74, 6) is -1.83. The van der Waals surface area contributed by atoms with Crippen molar-refractivity contribution in [3.8, 4) is 0 Å². The zero-order valence-electron chi connectivity index (χ0n) is 14.8. The molecule has 0 bridgehead atoms. The lowest BCUT2D eigenvalue weighted by Crippen LogP contribution is -2.45. The Morgan fingerprint density at radius 2 is 1.79 bits per heavy atom. The molecule has 0 aromatic heterocycles. The third-order valence-electron chi connectivity index (χ3n) is 3.19. The van der Waals surface area contributed by atoms with E-state index in [4.69, 9.17) is 9.47 Å². The van der Waals surface area contributed by atoms with Crippen LogP contribution in [0, 0.1) is 12.8 Å². The van der Waals surface area contributed by atoms with Gasteiger partial charge in [0, 0.05) is 5.56 Å². The second kappa shape index (κ2) is 9.05. The number of carbonyl (C=O) groups is 3. The van der Waals surface area contributed by atoms with E-state index in [-0.39, 0.29) is 17.9 Å². The first-order valence-corrected chi connectivity index (χ1v) is 7.94. The monoisotopic (exact) mass is 335 g/mol. The predicted molar refractivity (Wildman–Crippen MR) is 89.5 cm³/mol. The Bertz CT molecular complexity index is 595. The normalized spacial score (nSPS) is 12.0. The van der Waals surface area contributed by atoms with Crippen LogP contribution in [0.3, 0.4) is 0 Å². The number of nitrogens with one attached hydrogen (secondary N) is 1. The second-order valence-corrected chi connectivity index (χ2v) is 6.21. The van der Waals surface area contributed by atoms with Crippen LogP contribution in [0.1, 0.15) is 43.6 Å². The second-order valence-electron chi connectivity index (χ2n) is 6.21. The number of aryl methyl sites for hydroxylation is 1. The maximum atomic E-state index is 12.3. The standard InChI is InChI=1S/C18H25NO5/c1-11(2)16(18(22)23-10-15(20)24-12(3)4)19-17(21)14-8-6-7-13(5)9-14/h6-9,11-12,16H,10H2,1-5H3,(H,19,21)/t16-/m0/s1.